The van der Waals surface area contributed by atoms with E-state index in [-0.39, 0.29) is 0 Å². The first-order chi connectivity index (χ1) is 13.5. The molecule has 1 N–H and O–H groups in total. The zero-order valence-corrected chi connectivity index (χ0v) is 17.5. The Morgan fingerprint density at radius 3 is 2.18 bits per heavy atom. The first-order valence-electron chi connectivity index (χ1n) is 10.5. The Hall–Kier alpha value is -2.29. The predicted molar refractivity (Wildman–Crippen MR) is 115 cm³/mol. The second-order valence-electron chi connectivity index (χ2n) is 7.71. The Balaban J connectivity index is 1.89. The Kier molecular flexibility index (Phi) is 9.06. The molecule has 152 valence electrons. The molecule has 2 aromatic rings. The molecule has 0 saturated carbocycles. The van der Waals surface area contributed by atoms with Crippen molar-refractivity contribution in [2.24, 2.45) is 0 Å². The summed E-state index contributed by atoms with van der Waals surface area (Å²) in [5.74, 6) is 0.449. The third kappa shape index (κ3) is 6.70. The minimum atomic E-state index is -1.17. The minimum Gasteiger partial charge on any atom is -0.450 e. The number of ether oxygens (including phenoxy) is 1. The maximum atomic E-state index is 10.3. The molecule has 3 nitrogen and oxygen atoms in total. The molecule has 0 heterocycles. The van der Waals surface area contributed by atoms with Crippen molar-refractivity contribution in [3.05, 3.63) is 70.3 Å². The van der Waals surface area contributed by atoms with Gasteiger partial charge in [-0.1, -0.05) is 74.6 Å². The standard InChI is InChI=1S/C25H34O3/c1-19-16-17-23(21(3)20(19)2)24(22-13-9-8-10-14-22)15-11-6-4-5-7-12-18-28-25(26)27/h8-10,13-14,16-17,24H,4-7,11-12,15,18H2,1-3H3,(H,26,27). The Labute approximate surface area is 169 Å². The number of carbonyl (C=O) groups is 1. The third-order valence-electron chi connectivity index (χ3n) is 5.79. The molecule has 0 aliphatic carbocycles. The zero-order chi connectivity index (χ0) is 20.4. The van der Waals surface area contributed by atoms with Crippen molar-refractivity contribution in [2.75, 3.05) is 6.61 Å². The van der Waals surface area contributed by atoms with E-state index in [1.165, 1.54) is 47.1 Å². The van der Waals surface area contributed by atoms with E-state index in [1.807, 2.05) is 0 Å². The Bertz CT molecular complexity index is 737. The second kappa shape index (κ2) is 11.5. The van der Waals surface area contributed by atoms with Gasteiger partial charge in [-0.3, -0.25) is 0 Å². The van der Waals surface area contributed by atoms with E-state index < -0.39 is 6.16 Å². The van der Waals surface area contributed by atoms with Gasteiger partial charge in [0.05, 0.1) is 6.61 Å². The highest BCUT2D eigenvalue weighted by Gasteiger charge is 2.17. The van der Waals surface area contributed by atoms with Gasteiger partial charge in [0.2, 0.25) is 0 Å². The monoisotopic (exact) mass is 382 g/mol. The van der Waals surface area contributed by atoms with Crippen LogP contribution in [-0.4, -0.2) is 17.9 Å². The lowest BCUT2D eigenvalue weighted by atomic mass is 9.82. The summed E-state index contributed by atoms with van der Waals surface area (Å²) in [5, 5.41) is 8.46. The van der Waals surface area contributed by atoms with Crippen LogP contribution in [0.3, 0.4) is 0 Å². The van der Waals surface area contributed by atoms with E-state index in [0.29, 0.717) is 12.5 Å². The van der Waals surface area contributed by atoms with Gasteiger partial charge in [-0.05, 0) is 61.4 Å². The van der Waals surface area contributed by atoms with Gasteiger partial charge in [-0.2, -0.15) is 0 Å². The largest absolute Gasteiger partial charge is 0.505 e. The molecule has 0 bridgehead atoms. The molecule has 0 aromatic heterocycles. The molecular weight excluding hydrogens is 348 g/mol. The molecule has 3 heteroatoms. The summed E-state index contributed by atoms with van der Waals surface area (Å²) < 4.78 is 4.54. The van der Waals surface area contributed by atoms with Crippen molar-refractivity contribution in [3.8, 4) is 0 Å². The summed E-state index contributed by atoms with van der Waals surface area (Å²) in [5.41, 5.74) is 7.05. The maximum absolute atomic E-state index is 10.3. The van der Waals surface area contributed by atoms with Crippen LogP contribution in [0.15, 0.2) is 42.5 Å². The highest BCUT2D eigenvalue weighted by atomic mass is 16.7. The van der Waals surface area contributed by atoms with Crippen molar-refractivity contribution >= 4 is 6.16 Å². The van der Waals surface area contributed by atoms with Crippen molar-refractivity contribution in [1.82, 2.24) is 0 Å². The van der Waals surface area contributed by atoms with Gasteiger partial charge in [0.15, 0.2) is 0 Å². The second-order valence-corrected chi connectivity index (χ2v) is 7.71. The highest BCUT2D eigenvalue weighted by molar-refractivity contribution is 5.56. The van der Waals surface area contributed by atoms with Crippen LogP contribution in [0.4, 0.5) is 4.79 Å². The molecule has 0 aliphatic rings. The van der Waals surface area contributed by atoms with Gasteiger partial charge in [-0.25, -0.2) is 4.79 Å². The van der Waals surface area contributed by atoms with Crippen LogP contribution in [0.5, 0.6) is 0 Å². The van der Waals surface area contributed by atoms with Crippen LogP contribution < -0.4 is 0 Å². The van der Waals surface area contributed by atoms with Crippen LogP contribution in [0.2, 0.25) is 0 Å². The summed E-state index contributed by atoms with van der Waals surface area (Å²) in [6.07, 6.45) is 6.60. The Morgan fingerprint density at radius 1 is 0.857 bits per heavy atom. The molecule has 28 heavy (non-hydrogen) atoms. The molecule has 2 aromatic carbocycles. The van der Waals surface area contributed by atoms with Crippen molar-refractivity contribution in [1.29, 1.82) is 0 Å². The van der Waals surface area contributed by atoms with Crippen molar-refractivity contribution in [3.63, 3.8) is 0 Å². The molecule has 0 fully saturated rings. The van der Waals surface area contributed by atoms with E-state index in [9.17, 15) is 4.79 Å². The number of carboxylic acid groups (broad SMARTS) is 1. The predicted octanol–water partition coefficient (Wildman–Crippen LogP) is 7.17. The van der Waals surface area contributed by atoms with Gasteiger partial charge >= 0.3 is 6.16 Å². The third-order valence-corrected chi connectivity index (χ3v) is 5.79. The molecule has 0 spiro atoms. The fourth-order valence-electron chi connectivity index (χ4n) is 3.86. The smallest absolute Gasteiger partial charge is 0.450 e. The van der Waals surface area contributed by atoms with Gasteiger partial charge in [0.1, 0.15) is 0 Å². The SMILES string of the molecule is Cc1ccc(C(CCCCCCCCOC(=O)O)c2ccccc2)c(C)c1C. The lowest BCUT2D eigenvalue weighted by Crippen LogP contribution is -2.05. The van der Waals surface area contributed by atoms with E-state index in [4.69, 9.17) is 5.11 Å². The summed E-state index contributed by atoms with van der Waals surface area (Å²) >= 11 is 0. The number of benzene rings is 2. The number of rotatable bonds is 11. The van der Waals surface area contributed by atoms with Gasteiger partial charge in [0.25, 0.3) is 0 Å². The molecule has 1 unspecified atom stereocenters. The van der Waals surface area contributed by atoms with E-state index >= 15 is 0 Å². The fraction of sp³-hybridized carbons (Fsp3) is 0.480. The number of hydrogen-bond acceptors (Lipinski definition) is 2. The topological polar surface area (TPSA) is 46.5 Å². The normalized spacial score (nSPS) is 12.0. The average Bonchev–Trinajstić information content (AvgIpc) is 2.69. The lowest BCUT2D eigenvalue weighted by molar-refractivity contribution is 0.0899. The first kappa shape index (κ1) is 22.0. The maximum Gasteiger partial charge on any atom is 0.505 e. The zero-order valence-electron chi connectivity index (χ0n) is 17.5. The summed E-state index contributed by atoms with van der Waals surface area (Å²) in [6.45, 7) is 6.99. The van der Waals surface area contributed by atoms with Crippen LogP contribution in [-0.2, 0) is 4.74 Å². The molecule has 0 amide bonds. The van der Waals surface area contributed by atoms with Gasteiger partial charge < -0.3 is 9.84 Å². The van der Waals surface area contributed by atoms with Crippen LogP contribution >= 0.6 is 0 Å². The molecule has 0 aliphatic heterocycles. The number of hydrogen-bond donors (Lipinski definition) is 1. The Morgan fingerprint density at radius 2 is 1.50 bits per heavy atom. The summed E-state index contributed by atoms with van der Waals surface area (Å²) in [6, 6.07) is 15.4. The van der Waals surface area contributed by atoms with Crippen molar-refractivity contribution in [2.45, 2.75) is 71.6 Å². The lowest BCUT2D eigenvalue weighted by Gasteiger charge is -2.22. The van der Waals surface area contributed by atoms with E-state index in [0.717, 1.165) is 25.7 Å². The highest BCUT2D eigenvalue weighted by Crippen LogP contribution is 2.34. The van der Waals surface area contributed by atoms with Crippen LogP contribution in [0.1, 0.15) is 78.7 Å². The van der Waals surface area contributed by atoms with Crippen LogP contribution in [0.25, 0.3) is 0 Å². The van der Waals surface area contributed by atoms with E-state index in [2.05, 4.69) is 68.0 Å². The summed E-state index contributed by atoms with van der Waals surface area (Å²) in [4.78, 5) is 10.3. The first-order valence-corrected chi connectivity index (χ1v) is 10.5. The molecule has 0 saturated heterocycles. The quantitative estimate of drug-likeness (QED) is 0.331. The molecular formula is C25H34O3. The molecule has 2 rings (SSSR count). The van der Waals surface area contributed by atoms with Crippen LogP contribution in [0, 0.1) is 20.8 Å². The molecule has 0 radical (unpaired) electrons. The van der Waals surface area contributed by atoms with Gasteiger partial charge in [-0.15, -0.1) is 0 Å². The summed E-state index contributed by atoms with van der Waals surface area (Å²) in [7, 11) is 0. The fourth-order valence-corrected chi connectivity index (χ4v) is 3.86. The van der Waals surface area contributed by atoms with Crippen molar-refractivity contribution < 1.29 is 14.6 Å². The van der Waals surface area contributed by atoms with Gasteiger partial charge in [0, 0.05) is 5.92 Å². The molecule has 1 atom stereocenters. The average molecular weight is 383 g/mol. The number of aryl methyl sites for hydroxylation is 1. The number of unbranched alkanes of at least 4 members (excludes halogenated alkanes) is 5. The minimum absolute atomic E-state index is 0.317. The van der Waals surface area contributed by atoms with E-state index in [1.54, 1.807) is 0 Å².